The molecule has 16 heavy (non-hydrogen) atoms. The van der Waals surface area contributed by atoms with Gasteiger partial charge in [0.1, 0.15) is 0 Å². The first kappa shape index (κ1) is 10.8. The summed E-state index contributed by atoms with van der Waals surface area (Å²) in [6, 6.07) is 5.96. The van der Waals surface area contributed by atoms with Gasteiger partial charge in [0.2, 0.25) is 0 Å². The molecule has 1 heterocycles. The van der Waals surface area contributed by atoms with Crippen molar-refractivity contribution in [3.63, 3.8) is 0 Å². The molecule has 0 aliphatic carbocycles. The fourth-order valence-corrected chi connectivity index (χ4v) is 1.69. The summed E-state index contributed by atoms with van der Waals surface area (Å²) in [6.45, 7) is 5.96. The Morgan fingerprint density at radius 2 is 2.06 bits per heavy atom. The maximum atomic E-state index is 5.81. The van der Waals surface area contributed by atoms with E-state index in [9.17, 15) is 0 Å². The molecular weight excluding hydrogens is 202 g/mol. The molecule has 2 aromatic rings. The lowest BCUT2D eigenvalue weighted by Gasteiger charge is -2.09. The van der Waals surface area contributed by atoms with Crippen LogP contribution in [0.5, 0.6) is 0 Å². The quantitative estimate of drug-likeness (QED) is 0.823. The van der Waals surface area contributed by atoms with Gasteiger partial charge >= 0.3 is 0 Å². The van der Waals surface area contributed by atoms with E-state index < -0.39 is 0 Å². The minimum absolute atomic E-state index is 0.185. The summed E-state index contributed by atoms with van der Waals surface area (Å²) in [4.78, 5) is 0. The fraction of sp³-hybridized carbons (Fsp3) is 0.364. The van der Waals surface area contributed by atoms with Crippen molar-refractivity contribution < 1.29 is 0 Å². The molecule has 0 aliphatic heterocycles. The maximum absolute atomic E-state index is 5.81. The summed E-state index contributed by atoms with van der Waals surface area (Å²) in [5.41, 5.74) is 9.14. The number of aryl methyl sites for hydroxylation is 2. The summed E-state index contributed by atoms with van der Waals surface area (Å²) >= 11 is 0. The molecule has 2 rings (SSSR count). The van der Waals surface area contributed by atoms with E-state index in [1.54, 1.807) is 4.68 Å². The van der Waals surface area contributed by atoms with E-state index in [4.69, 9.17) is 5.73 Å². The van der Waals surface area contributed by atoms with Crippen molar-refractivity contribution >= 4 is 0 Å². The molecule has 5 heteroatoms. The number of rotatable bonds is 2. The minimum atomic E-state index is -0.185. The molecule has 2 N–H and O–H groups in total. The van der Waals surface area contributed by atoms with Crippen LogP contribution in [0.2, 0.25) is 0 Å². The zero-order valence-corrected chi connectivity index (χ0v) is 9.68. The predicted octanol–water partition coefficient (Wildman–Crippen LogP) is 1.30. The van der Waals surface area contributed by atoms with Gasteiger partial charge in [-0.15, -0.1) is 5.10 Å². The molecule has 5 nitrogen and oxygen atoms in total. The van der Waals surface area contributed by atoms with Gasteiger partial charge in [-0.3, -0.25) is 0 Å². The van der Waals surface area contributed by atoms with E-state index in [0.29, 0.717) is 5.82 Å². The third-order valence-electron chi connectivity index (χ3n) is 2.48. The fourth-order valence-electron chi connectivity index (χ4n) is 1.69. The van der Waals surface area contributed by atoms with Crippen LogP contribution in [0.25, 0.3) is 5.69 Å². The van der Waals surface area contributed by atoms with E-state index in [2.05, 4.69) is 28.5 Å². The molecule has 0 radical (unpaired) electrons. The van der Waals surface area contributed by atoms with E-state index in [0.717, 1.165) is 11.3 Å². The lowest BCUT2D eigenvalue weighted by atomic mass is 10.1. The van der Waals surface area contributed by atoms with Gasteiger partial charge in [-0.2, -0.15) is 4.68 Å². The Balaban J connectivity index is 2.54. The molecule has 1 aromatic heterocycles. The van der Waals surface area contributed by atoms with Gasteiger partial charge in [0.25, 0.3) is 0 Å². The average Bonchev–Trinajstić information content (AvgIpc) is 2.66. The number of benzene rings is 1. The Labute approximate surface area is 94.3 Å². The molecule has 0 bridgehead atoms. The molecule has 0 spiro atoms. The number of nitrogens with two attached hydrogens (primary N) is 1. The topological polar surface area (TPSA) is 69.6 Å². The second-order valence-corrected chi connectivity index (χ2v) is 4.03. The summed E-state index contributed by atoms with van der Waals surface area (Å²) in [5.74, 6) is 0.673. The Hall–Kier alpha value is -1.75. The molecule has 1 aromatic carbocycles. The lowest BCUT2D eigenvalue weighted by Crippen LogP contribution is -2.14. The first-order valence-electron chi connectivity index (χ1n) is 5.21. The first-order chi connectivity index (χ1) is 7.59. The highest BCUT2D eigenvalue weighted by atomic mass is 15.5. The molecule has 0 saturated heterocycles. The maximum Gasteiger partial charge on any atom is 0.173 e. The summed E-state index contributed by atoms with van der Waals surface area (Å²) in [5, 5.41) is 11.6. The van der Waals surface area contributed by atoms with Crippen molar-refractivity contribution in [2.75, 3.05) is 0 Å². The molecule has 84 valence electrons. The third kappa shape index (κ3) is 1.81. The van der Waals surface area contributed by atoms with Crippen LogP contribution in [0, 0.1) is 13.8 Å². The standard InChI is InChI=1S/C11H15N5/c1-7-4-5-10(8(2)6-7)16-11(9(3)12)13-14-15-16/h4-6,9H,12H2,1-3H3. The predicted molar refractivity (Wildman–Crippen MR) is 61.2 cm³/mol. The largest absolute Gasteiger partial charge is 0.321 e. The number of aromatic nitrogens is 4. The zero-order valence-electron chi connectivity index (χ0n) is 9.68. The SMILES string of the molecule is Cc1ccc(-n2nnnc2C(C)N)c(C)c1. The van der Waals surface area contributed by atoms with Crippen LogP contribution in [0.3, 0.4) is 0 Å². The monoisotopic (exact) mass is 217 g/mol. The summed E-state index contributed by atoms with van der Waals surface area (Å²) < 4.78 is 1.69. The average molecular weight is 217 g/mol. The van der Waals surface area contributed by atoms with Crippen LogP contribution in [0.15, 0.2) is 18.2 Å². The minimum Gasteiger partial charge on any atom is -0.321 e. The normalized spacial score (nSPS) is 12.8. The highest BCUT2D eigenvalue weighted by molar-refractivity contribution is 5.42. The van der Waals surface area contributed by atoms with E-state index in [1.807, 2.05) is 26.0 Å². The van der Waals surface area contributed by atoms with Gasteiger partial charge in [0, 0.05) is 0 Å². The Morgan fingerprint density at radius 3 is 2.69 bits per heavy atom. The smallest absolute Gasteiger partial charge is 0.173 e. The van der Waals surface area contributed by atoms with Gasteiger partial charge in [-0.1, -0.05) is 17.7 Å². The highest BCUT2D eigenvalue weighted by Gasteiger charge is 2.13. The molecule has 0 amide bonds. The van der Waals surface area contributed by atoms with Gasteiger partial charge < -0.3 is 5.73 Å². The van der Waals surface area contributed by atoms with Gasteiger partial charge in [0.05, 0.1) is 11.7 Å². The number of hydrogen-bond acceptors (Lipinski definition) is 4. The van der Waals surface area contributed by atoms with Crippen molar-refractivity contribution in [1.82, 2.24) is 20.2 Å². The summed E-state index contributed by atoms with van der Waals surface area (Å²) in [6.07, 6.45) is 0. The first-order valence-corrected chi connectivity index (χ1v) is 5.21. The molecule has 1 unspecified atom stereocenters. The second kappa shape index (κ2) is 4.02. The summed E-state index contributed by atoms with van der Waals surface area (Å²) in [7, 11) is 0. The van der Waals surface area contributed by atoms with Crippen LogP contribution in [0.4, 0.5) is 0 Å². The van der Waals surface area contributed by atoms with E-state index >= 15 is 0 Å². The number of nitrogens with zero attached hydrogens (tertiary/aromatic N) is 4. The van der Waals surface area contributed by atoms with Crippen molar-refractivity contribution in [1.29, 1.82) is 0 Å². The van der Waals surface area contributed by atoms with Crippen molar-refractivity contribution in [2.24, 2.45) is 5.73 Å². The van der Waals surface area contributed by atoms with Gasteiger partial charge in [-0.05, 0) is 42.8 Å². The van der Waals surface area contributed by atoms with Gasteiger partial charge in [0.15, 0.2) is 5.82 Å². The van der Waals surface area contributed by atoms with Crippen molar-refractivity contribution in [3.05, 3.63) is 35.2 Å². The molecule has 0 saturated carbocycles. The number of hydrogen-bond donors (Lipinski definition) is 1. The highest BCUT2D eigenvalue weighted by Crippen LogP contribution is 2.17. The Kier molecular flexibility index (Phi) is 2.70. The molecular formula is C11H15N5. The van der Waals surface area contributed by atoms with Crippen LogP contribution >= 0.6 is 0 Å². The Morgan fingerprint density at radius 1 is 1.31 bits per heavy atom. The molecule has 1 atom stereocenters. The van der Waals surface area contributed by atoms with E-state index in [-0.39, 0.29) is 6.04 Å². The zero-order chi connectivity index (χ0) is 11.7. The van der Waals surface area contributed by atoms with E-state index in [1.165, 1.54) is 5.56 Å². The lowest BCUT2D eigenvalue weighted by molar-refractivity contribution is 0.686. The van der Waals surface area contributed by atoms with Crippen LogP contribution < -0.4 is 5.73 Å². The second-order valence-electron chi connectivity index (χ2n) is 4.03. The van der Waals surface area contributed by atoms with Crippen LogP contribution in [-0.4, -0.2) is 20.2 Å². The van der Waals surface area contributed by atoms with Gasteiger partial charge in [-0.25, -0.2) is 0 Å². The Bertz CT molecular complexity index is 501. The molecule has 0 aliphatic rings. The molecule has 0 fully saturated rings. The van der Waals surface area contributed by atoms with Crippen LogP contribution in [-0.2, 0) is 0 Å². The van der Waals surface area contributed by atoms with Crippen molar-refractivity contribution in [3.8, 4) is 5.69 Å². The van der Waals surface area contributed by atoms with Crippen molar-refractivity contribution in [2.45, 2.75) is 26.8 Å². The van der Waals surface area contributed by atoms with Crippen LogP contribution in [0.1, 0.15) is 29.9 Å². The number of tetrazole rings is 1. The third-order valence-corrected chi connectivity index (χ3v) is 2.48.